The first-order valence-electron chi connectivity index (χ1n) is 8.02. The maximum Gasteiger partial charge on any atom is 0.192 e. The molecule has 1 unspecified atom stereocenters. The molecule has 2 N–H and O–H groups in total. The smallest absolute Gasteiger partial charge is 0.192 e. The molecule has 0 aromatic carbocycles. The van der Waals surface area contributed by atoms with Crippen molar-refractivity contribution in [2.75, 3.05) is 6.54 Å². The van der Waals surface area contributed by atoms with Crippen LogP contribution in [0.15, 0.2) is 21.5 Å². The van der Waals surface area contributed by atoms with E-state index in [4.69, 9.17) is 9.41 Å². The largest absolute Gasteiger partial charge is 0.464 e. The van der Waals surface area contributed by atoms with Gasteiger partial charge in [-0.05, 0) is 46.8 Å². The fraction of sp³-hybridized carbons (Fsp3) is 0.529. The molecule has 0 aliphatic carbocycles. The Morgan fingerprint density at radius 1 is 1.33 bits per heavy atom. The predicted octanol–water partition coefficient (Wildman–Crippen LogP) is 3.37. The fourth-order valence-corrected chi connectivity index (χ4v) is 2.49. The molecule has 0 aliphatic rings. The molecule has 0 bridgehead atoms. The van der Waals surface area contributed by atoms with Crippen molar-refractivity contribution in [2.24, 2.45) is 12.0 Å². The van der Waals surface area contributed by atoms with Crippen LogP contribution < -0.4 is 10.6 Å². The summed E-state index contributed by atoms with van der Waals surface area (Å²) in [6.07, 6.45) is 0. The second-order valence-electron chi connectivity index (χ2n) is 5.78. The van der Waals surface area contributed by atoms with Crippen molar-refractivity contribution in [2.45, 2.75) is 47.2 Å². The molecule has 0 saturated carbocycles. The van der Waals surface area contributed by atoms with E-state index in [2.05, 4.69) is 36.5 Å². The number of nitrogens with zero attached hydrogens (tertiary/aromatic N) is 3. The number of halogens is 1. The lowest BCUT2D eigenvalue weighted by Gasteiger charge is -2.16. The molecule has 2 heterocycles. The van der Waals surface area contributed by atoms with Crippen LogP contribution in [0.25, 0.3) is 0 Å². The van der Waals surface area contributed by atoms with E-state index >= 15 is 0 Å². The Morgan fingerprint density at radius 3 is 2.54 bits per heavy atom. The lowest BCUT2D eigenvalue weighted by Crippen LogP contribution is -2.38. The summed E-state index contributed by atoms with van der Waals surface area (Å²) < 4.78 is 7.57. The van der Waals surface area contributed by atoms with Gasteiger partial charge in [0.15, 0.2) is 5.96 Å². The Kier molecular flexibility index (Phi) is 7.78. The van der Waals surface area contributed by atoms with Gasteiger partial charge in [0.2, 0.25) is 0 Å². The van der Waals surface area contributed by atoms with Crippen LogP contribution in [-0.2, 0) is 13.6 Å². The monoisotopic (exact) mass is 445 g/mol. The number of hydrogen-bond acceptors (Lipinski definition) is 3. The summed E-state index contributed by atoms with van der Waals surface area (Å²) >= 11 is 0. The zero-order valence-corrected chi connectivity index (χ0v) is 17.6. The van der Waals surface area contributed by atoms with Gasteiger partial charge in [-0.2, -0.15) is 5.10 Å². The lowest BCUT2D eigenvalue weighted by molar-refractivity contribution is 0.441. The third-order valence-electron chi connectivity index (χ3n) is 3.94. The molecule has 0 radical (unpaired) electrons. The molecule has 7 heteroatoms. The zero-order chi connectivity index (χ0) is 17.0. The topological polar surface area (TPSA) is 67.4 Å². The van der Waals surface area contributed by atoms with Gasteiger partial charge in [0.1, 0.15) is 11.5 Å². The maximum atomic E-state index is 5.67. The normalized spacial score (nSPS) is 12.7. The van der Waals surface area contributed by atoms with Crippen molar-refractivity contribution < 1.29 is 4.42 Å². The molecule has 0 amide bonds. The number of aliphatic imine (C=N–C) groups is 1. The Balaban J connectivity index is 0.00000288. The van der Waals surface area contributed by atoms with E-state index < -0.39 is 0 Å². The third kappa shape index (κ3) is 4.99. The molecule has 6 nitrogen and oxygen atoms in total. The molecule has 0 aliphatic heterocycles. The van der Waals surface area contributed by atoms with Crippen LogP contribution in [0.1, 0.15) is 48.4 Å². The minimum Gasteiger partial charge on any atom is -0.464 e. The number of aromatic nitrogens is 2. The van der Waals surface area contributed by atoms with E-state index in [1.165, 1.54) is 5.56 Å². The molecule has 2 aromatic heterocycles. The van der Waals surface area contributed by atoms with Crippen LogP contribution in [0.3, 0.4) is 0 Å². The van der Waals surface area contributed by atoms with E-state index in [0.29, 0.717) is 6.54 Å². The molecule has 2 aromatic rings. The second kappa shape index (κ2) is 9.10. The molecular formula is C17H28IN5O. The fourth-order valence-electron chi connectivity index (χ4n) is 2.49. The van der Waals surface area contributed by atoms with E-state index in [1.54, 1.807) is 0 Å². The first kappa shape index (κ1) is 20.5. The molecule has 24 heavy (non-hydrogen) atoms. The Hall–Kier alpha value is -1.51. The number of rotatable bonds is 5. The molecule has 2 rings (SSSR count). The van der Waals surface area contributed by atoms with E-state index in [-0.39, 0.29) is 30.0 Å². The average molecular weight is 445 g/mol. The van der Waals surface area contributed by atoms with Crippen LogP contribution in [-0.4, -0.2) is 22.3 Å². The highest BCUT2D eigenvalue weighted by Gasteiger charge is 2.12. The Bertz CT molecular complexity index is 689. The Labute approximate surface area is 161 Å². The van der Waals surface area contributed by atoms with Crippen molar-refractivity contribution in [1.82, 2.24) is 20.4 Å². The maximum absolute atomic E-state index is 5.67. The van der Waals surface area contributed by atoms with Gasteiger partial charge >= 0.3 is 0 Å². The van der Waals surface area contributed by atoms with Crippen LogP contribution in [0.2, 0.25) is 0 Å². The van der Waals surface area contributed by atoms with Gasteiger partial charge in [-0.3, -0.25) is 4.68 Å². The summed E-state index contributed by atoms with van der Waals surface area (Å²) in [6, 6.07) is 4.02. The molecule has 0 spiro atoms. The number of furan rings is 1. The van der Waals surface area contributed by atoms with Crippen LogP contribution in [0.4, 0.5) is 0 Å². The van der Waals surface area contributed by atoms with Crippen molar-refractivity contribution in [1.29, 1.82) is 0 Å². The predicted molar refractivity (Wildman–Crippen MR) is 108 cm³/mol. The van der Waals surface area contributed by atoms with E-state index in [0.717, 1.165) is 35.4 Å². The number of hydrogen-bond donors (Lipinski definition) is 2. The van der Waals surface area contributed by atoms with Crippen molar-refractivity contribution in [3.05, 3.63) is 40.6 Å². The SMILES string of the molecule is CCNC(=NCc1c(C)nn(C)c1C)NC(C)c1ccc(C)o1.I. The summed E-state index contributed by atoms with van der Waals surface area (Å²) in [5.41, 5.74) is 3.35. The molecule has 134 valence electrons. The van der Waals surface area contributed by atoms with Crippen LogP contribution in [0.5, 0.6) is 0 Å². The van der Waals surface area contributed by atoms with E-state index in [1.807, 2.05) is 37.7 Å². The summed E-state index contributed by atoms with van der Waals surface area (Å²) in [7, 11) is 1.96. The molecule has 0 fully saturated rings. The first-order valence-corrected chi connectivity index (χ1v) is 8.02. The second-order valence-corrected chi connectivity index (χ2v) is 5.78. The van der Waals surface area contributed by atoms with E-state index in [9.17, 15) is 0 Å². The highest BCUT2D eigenvalue weighted by atomic mass is 127. The lowest BCUT2D eigenvalue weighted by atomic mass is 10.2. The summed E-state index contributed by atoms with van der Waals surface area (Å²) in [5, 5.41) is 11.1. The van der Waals surface area contributed by atoms with Gasteiger partial charge in [-0.1, -0.05) is 0 Å². The number of aryl methyl sites for hydroxylation is 3. The van der Waals surface area contributed by atoms with Crippen molar-refractivity contribution in [3.63, 3.8) is 0 Å². The highest BCUT2D eigenvalue weighted by molar-refractivity contribution is 14.0. The molecule has 1 atom stereocenters. The van der Waals surface area contributed by atoms with Gasteiger partial charge in [-0.25, -0.2) is 4.99 Å². The third-order valence-corrected chi connectivity index (χ3v) is 3.94. The Morgan fingerprint density at radius 2 is 2.04 bits per heavy atom. The van der Waals surface area contributed by atoms with Crippen LogP contribution >= 0.6 is 24.0 Å². The van der Waals surface area contributed by atoms with Gasteiger partial charge in [0.25, 0.3) is 0 Å². The van der Waals surface area contributed by atoms with Gasteiger partial charge < -0.3 is 15.1 Å². The molecular weight excluding hydrogens is 417 g/mol. The van der Waals surface area contributed by atoms with Crippen molar-refractivity contribution in [3.8, 4) is 0 Å². The molecule has 0 saturated heterocycles. The number of nitrogens with one attached hydrogen (secondary N) is 2. The minimum atomic E-state index is 0. The quantitative estimate of drug-likeness (QED) is 0.421. The zero-order valence-electron chi connectivity index (χ0n) is 15.3. The summed E-state index contributed by atoms with van der Waals surface area (Å²) in [5.74, 6) is 2.59. The number of guanidine groups is 1. The van der Waals surface area contributed by atoms with Crippen LogP contribution in [0, 0.1) is 20.8 Å². The minimum absolute atomic E-state index is 0. The van der Waals surface area contributed by atoms with Gasteiger partial charge in [0.05, 0.1) is 18.3 Å². The standard InChI is InChI=1S/C17H27N5O.HI/c1-7-18-17(20-13(4)16-9-8-11(2)23-16)19-10-15-12(3)21-22(6)14(15)5;/h8-9,13H,7,10H2,1-6H3,(H2,18,19,20);1H. The highest BCUT2D eigenvalue weighted by Crippen LogP contribution is 2.16. The van der Waals surface area contributed by atoms with Crippen molar-refractivity contribution >= 4 is 29.9 Å². The van der Waals surface area contributed by atoms with Gasteiger partial charge in [0, 0.05) is 24.8 Å². The summed E-state index contributed by atoms with van der Waals surface area (Å²) in [4.78, 5) is 4.69. The summed E-state index contributed by atoms with van der Waals surface area (Å²) in [6.45, 7) is 11.6. The first-order chi connectivity index (χ1) is 10.9. The average Bonchev–Trinajstić information content (AvgIpc) is 3.02. The van der Waals surface area contributed by atoms with Gasteiger partial charge in [-0.15, -0.1) is 24.0 Å².